The third-order valence-electron chi connectivity index (χ3n) is 8.19. The van der Waals surface area contributed by atoms with Crippen LogP contribution in [0.4, 0.5) is 26.3 Å². The number of halogens is 7. The Labute approximate surface area is 222 Å². The zero-order chi connectivity index (χ0) is 26.6. The van der Waals surface area contributed by atoms with E-state index in [1.807, 2.05) is 30.3 Å². The zero-order valence-corrected chi connectivity index (χ0v) is 21.1. The predicted octanol–water partition coefficient (Wildman–Crippen LogP) is 3.92. The van der Waals surface area contributed by atoms with Crippen molar-refractivity contribution in [2.75, 3.05) is 13.1 Å². The van der Waals surface area contributed by atoms with Crippen LogP contribution in [-0.2, 0) is 18.9 Å². The highest BCUT2D eigenvalue weighted by molar-refractivity contribution is 5.82. The molecule has 10 heteroatoms. The van der Waals surface area contributed by atoms with E-state index in [0.29, 0.717) is 30.6 Å². The van der Waals surface area contributed by atoms with Crippen molar-refractivity contribution >= 4 is 10.9 Å². The number of fused-ring (bicyclic) bond motifs is 4. The molecule has 3 saturated heterocycles. The summed E-state index contributed by atoms with van der Waals surface area (Å²) in [5.41, 5.74) is -1.31. The number of alkyl halides is 6. The minimum atomic E-state index is -4.91. The van der Waals surface area contributed by atoms with Gasteiger partial charge in [0.25, 0.3) is 0 Å². The molecule has 2 aromatic carbocycles. The number of benzene rings is 2. The largest absolute Gasteiger partial charge is 1.00 e. The molecule has 3 aliphatic rings. The molecule has 5 atom stereocenters. The molecular formula is C28H27ClF6N2O. The Bertz CT molecular complexity index is 1290. The molecule has 0 radical (unpaired) electrons. The molecule has 38 heavy (non-hydrogen) atoms. The molecule has 204 valence electrons. The number of pyridine rings is 1. The first-order valence-electron chi connectivity index (χ1n) is 12.2. The van der Waals surface area contributed by atoms with Crippen molar-refractivity contribution in [3.05, 3.63) is 89.6 Å². The second kappa shape index (κ2) is 10.2. The van der Waals surface area contributed by atoms with Crippen LogP contribution in [0.3, 0.4) is 0 Å². The Balaban J connectivity index is 0.00000336. The van der Waals surface area contributed by atoms with Gasteiger partial charge in [-0.15, -0.1) is 6.58 Å². The molecule has 6 rings (SSSR count). The Morgan fingerprint density at radius 3 is 2.32 bits per heavy atom. The second-order valence-corrected chi connectivity index (χ2v) is 10.3. The van der Waals surface area contributed by atoms with E-state index >= 15 is 0 Å². The van der Waals surface area contributed by atoms with Gasteiger partial charge in [-0.1, -0.05) is 24.3 Å². The Kier molecular flexibility index (Phi) is 7.60. The lowest BCUT2D eigenvalue weighted by molar-refractivity contribution is -0.984. The number of hydrogen-bond donors (Lipinski definition) is 1. The highest BCUT2D eigenvalue weighted by Gasteiger charge is 2.54. The van der Waals surface area contributed by atoms with Crippen molar-refractivity contribution in [1.82, 2.24) is 4.98 Å². The van der Waals surface area contributed by atoms with E-state index in [-0.39, 0.29) is 46.9 Å². The first-order valence-corrected chi connectivity index (χ1v) is 12.2. The van der Waals surface area contributed by atoms with E-state index in [1.165, 1.54) is 0 Å². The van der Waals surface area contributed by atoms with E-state index in [1.54, 1.807) is 12.3 Å². The van der Waals surface area contributed by atoms with E-state index < -0.39 is 35.6 Å². The molecule has 0 aliphatic carbocycles. The summed E-state index contributed by atoms with van der Waals surface area (Å²) in [6.07, 6.45) is -5.99. The van der Waals surface area contributed by atoms with Crippen LogP contribution >= 0.6 is 0 Å². The number of para-hydroxylation sites is 1. The molecule has 0 spiro atoms. The average molecular weight is 557 g/mol. The van der Waals surface area contributed by atoms with Gasteiger partial charge in [0.05, 0.1) is 29.7 Å². The van der Waals surface area contributed by atoms with Crippen molar-refractivity contribution in [3.8, 4) is 0 Å². The van der Waals surface area contributed by atoms with Gasteiger partial charge in [-0.05, 0) is 41.8 Å². The molecular weight excluding hydrogens is 530 g/mol. The number of quaternary nitrogens is 1. The second-order valence-electron chi connectivity index (χ2n) is 10.3. The van der Waals surface area contributed by atoms with E-state index in [4.69, 9.17) is 0 Å². The maximum absolute atomic E-state index is 13.6. The highest BCUT2D eigenvalue weighted by atomic mass is 35.5. The van der Waals surface area contributed by atoms with Crippen molar-refractivity contribution in [1.29, 1.82) is 0 Å². The lowest BCUT2D eigenvalue weighted by Gasteiger charge is -2.58. The first kappa shape index (κ1) is 28.4. The van der Waals surface area contributed by atoms with Crippen LogP contribution in [-0.4, -0.2) is 33.7 Å². The topological polar surface area (TPSA) is 33.1 Å². The predicted molar refractivity (Wildman–Crippen MR) is 127 cm³/mol. The molecule has 1 aromatic heterocycles. The average Bonchev–Trinajstić information content (AvgIpc) is 2.86. The summed E-state index contributed by atoms with van der Waals surface area (Å²) in [4.78, 5) is 4.35. The fourth-order valence-corrected chi connectivity index (χ4v) is 6.44. The highest BCUT2D eigenvalue weighted by Crippen LogP contribution is 2.48. The normalized spacial score (nSPS) is 26.1. The van der Waals surface area contributed by atoms with E-state index in [2.05, 4.69) is 11.6 Å². The summed E-state index contributed by atoms with van der Waals surface area (Å²) in [6.45, 7) is 4.93. The summed E-state index contributed by atoms with van der Waals surface area (Å²) in [5, 5.41) is 12.5. The van der Waals surface area contributed by atoms with Gasteiger partial charge in [0, 0.05) is 35.9 Å². The number of nitrogens with zero attached hydrogens (tertiary/aromatic N) is 2. The van der Waals surface area contributed by atoms with E-state index in [0.717, 1.165) is 23.9 Å². The number of rotatable bonds is 5. The van der Waals surface area contributed by atoms with Crippen LogP contribution in [0.25, 0.3) is 10.9 Å². The molecule has 2 bridgehead atoms. The smallest absolute Gasteiger partial charge is 0.416 e. The van der Waals surface area contributed by atoms with Crippen LogP contribution in [0, 0.1) is 11.8 Å². The summed E-state index contributed by atoms with van der Waals surface area (Å²) < 4.78 is 81.6. The molecule has 3 aliphatic heterocycles. The van der Waals surface area contributed by atoms with Gasteiger partial charge in [-0.25, -0.2) is 0 Å². The number of hydrogen-bond acceptors (Lipinski definition) is 2. The quantitative estimate of drug-likeness (QED) is 0.294. The van der Waals surface area contributed by atoms with Gasteiger partial charge in [0.1, 0.15) is 18.7 Å². The summed E-state index contributed by atoms with van der Waals surface area (Å²) in [7, 11) is 0. The SMILES string of the molecule is C=C[C@H]1C[N@+]2(Cc3cc(C(F)(F)F)cc(C(F)(F)F)c3)CC[C@H]1C[C@H]2[C@H](O)c1ccnc2ccccc12.[Cl-]. The number of aliphatic hydroxyl groups excluding tert-OH is 1. The monoisotopic (exact) mass is 556 g/mol. The van der Waals surface area contributed by atoms with Gasteiger partial charge >= 0.3 is 12.4 Å². The van der Waals surface area contributed by atoms with Crippen LogP contribution < -0.4 is 12.4 Å². The van der Waals surface area contributed by atoms with Gasteiger partial charge in [0.2, 0.25) is 0 Å². The van der Waals surface area contributed by atoms with Crippen molar-refractivity contribution in [3.63, 3.8) is 0 Å². The Morgan fingerprint density at radius 1 is 1.03 bits per heavy atom. The van der Waals surface area contributed by atoms with Gasteiger partial charge in [0.15, 0.2) is 0 Å². The number of piperidine rings is 3. The molecule has 3 aromatic rings. The van der Waals surface area contributed by atoms with Crippen molar-refractivity contribution in [2.45, 2.75) is 43.9 Å². The van der Waals surface area contributed by atoms with Gasteiger partial charge in [-0.2, -0.15) is 26.3 Å². The lowest BCUT2D eigenvalue weighted by Crippen LogP contribution is -3.00. The number of aliphatic hydroxyl groups is 1. The van der Waals surface area contributed by atoms with Gasteiger partial charge in [-0.3, -0.25) is 4.98 Å². The minimum Gasteiger partial charge on any atom is -1.00 e. The fraction of sp³-hybridized carbons (Fsp3) is 0.393. The molecule has 4 heterocycles. The first-order chi connectivity index (χ1) is 17.4. The molecule has 3 fully saturated rings. The van der Waals surface area contributed by atoms with Crippen LogP contribution in [0.1, 0.15) is 41.2 Å². The van der Waals surface area contributed by atoms with Crippen LogP contribution in [0.2, 0.25) is 0 Å². The Hall–Kier alpha value is -2.62. The maximum Gasteiger partial charge on any atom is 0.416 e. The lowest BCUT2D eigenvalue weighted by atomic mass is 9.71. The molecule has 3 nitrogen and oxygen atoms in total. The summed E-state index contributed by atoms with van der Waals surface area (Å²) in [5.74, 6) is 0.316. The minimum absolute atomic E-state index is 0. The summed E-state index contributed by atoms with van der Waals surface area (Å²) in [6, 6.07) is 10.5. The molecule has 0 saturated carbocycles. The zero-order valence-electron chi connectivity index (χ0n) is 20.3. The third-order valence-corrected chi connectivity index (χ3v) is 8.19. The number of aromatic nitrogens is 1. The fourth-order valence-electron chi connectivity index (χ4n) is 6.44. The van der Waals surface area contributed by atoms with E-state index in [9.17, 15) is 31.4 Å². The Morgan fingerprint density at radius 2 is 1.68 bits per heavy atom. The van der Waals surface area contributed by atoms with Crippen LogP contribution in [0.15, 0.2) is 67.4 Å². The molecule has 0 amide bonds. The maximum atomic E-state index is 13.6. The van der Waals surface area contributed by atoms with Crippen molar-refractivity contribution < 1.29 is 48.3 Å². The summed E-state index contributed by atoms with van der Waals surface area (Å²) >= 11 is 0. The third kappa shape index (κ3) is 5.16. The standard InChI is InChI=1S/C28H27F6N2O.ClH/c1-2-18-16-36(15-17-11-20(27(29,30)31)14-21(12-17)28(32,33)34)10-8-19(18)13-25(36)26(37)23-7-9-35-24-6-4-3-5-22(23)24;/h2-7,9,11-12,14,18-19,25-26,37H,1,8,10,13,15-16H2;1H/q+1;/p-1/t18-,19-,25-,26+,36+;/m0./s1. The molecule has 1 N–H and O–H groups in total. The van der Waals surface area contributed by atoms with Crippen molar-refractivity contribution in [2.24, 2.45) is 11.8 Å². The van der Waals surface area contributed by atoms with Crippen LogP contribution in [0.5, 0.6) is 0 Å². The van der Waals surface area contributed by atoms with Gasteiger partial charge < -0.3 is 22.0 Å². The molecule has 0 unspecified atom stereocenters.